The van der Waals surface area contributed by atoms with Gasteiger partial charge in [-0.1, -0.05) is 58.0 Å². The van der Waals surface area contributed by atoms with Crippen LogP contribution in [0.15, 0.2) is 55.1 Å². The Morgan fingerprint density at radius 3 is 2.29 bits per heavy atom. The number of benzene rings is 2. The van der Waals surface area contributed by atoms with Crippen molar-refractivity contribution in [2.75, 3.05) is 7.05 Å². The average molecular weight is 527 g/mol. The van der Waals surface area contributed by atoms with E-state index in [-0.39, 0.29) is 24.0 Å². The number of phenols is 1. The van der Waals surface area contributed by atoms with Gasteiger partial charge in [-0.25, -0.2) is 4.39 Å². The van der Waals surface area contributed by atoms with Crippen molar-refractivity contribution in [2.24, 2.45) is 11.5 Å². The second-order valence-corrected chi connectivity index (χ2v) is 10.6. The molecule has 2 rings (SSSR count). The maximum atomic E-state index is 13.4. The summed E-state index contributed by atoms with van der Waals surface area (Å²) in [5, 5.41) is 12.9. The molecule has 0 bridgehead atoms. The van der Waals surface area contributed by atoms with Gasteiger partial charge >= 0.3 is 0 Å². The normalized spacial score (nSPS) is 14.6. The van der Waals surface area contributed by atoms with Crippen molar-refractivity contribution < 1.29 is 23.9 Å². The highest BCUT2D eigenvalue weighted by Gasteiger charge is 2.33. The molecule has 8 nitrogen and oxygen atoms in total. The van der Waals surface area contributed by atoms with Gasteiger partial charge in [0, 0.05) is 19.4 Å². The van der Waals surface area contributed by atoms with Gasteiger partial charge in [-0.3, -0.25) is 14.4 Å². The Bertz CT molecular complexity index is 1160. The third-order valence-electron chi connectivity index (χ3n) is 6.70. The lowest BCUT2D eigenvalue weighted by molar-refractivity contribution is -0.141. The molecule has 206 valence electrons. The van der Waals surface area contributed by atoms with Crippen molar-refractivity contribution in [1.82, 2.24) is 10.2 Å². The number of aromatic hydroxyl groups is 1. The molecule has 0 saturated carbocycles. The molecular formula is C29H39FN4O4. The fourth-order valence-electron chi connectivity index (χ4n) is 4.22. The van der Waals surface area contributed by atoms with Crippen LogP contribution in [0.3, 0.4) is 0 Å². The zero-order valence-corrected chi connectivity index (χ0v) is 22.7. The maximum absolute atomic E-state index is 13.4. The Morgan fingerprint density at radius 2 is 1.76 bits per heavy atom. The topological polar surface area (TPSA) is 139 Å². The summed E-state index contributed by atoms with van der Waals surface area (Å²) in [5.41, 5.74) is 13.6. The molecule has 0 spiro atoms. The number of nitrogens with two attached hydrogens (primary N) is 2. The lowest BCUT2D eigenvalue weighted by Gasteiger charge is -2.31. The molecular weight excluding hydrogens is 487 g/mol. The molecule has 9 heteroatoms. The van der Waals surface area contributed by atoms with E-state index in [9.17, 15) is 23.9 Å². The number of phenolic OH excluding ortho intramolecular Hbond substituents is 1. The van der Waals surface area contributed by atoms with E-state index in [2.05, 4.69) is 11.9 Å². The van der Waals surface area contributed by atoms with Crippen LogP contribution in [0.1, 0.15) is 56.7 Å². The lowest BCUT2D eigenvalue weighted by Crippen LogP contribution is -2.56. The van der Waals surface area contributed by atoms with E-state index in [0.29, 0.717) is 11.1 Å². The number of hydrogen-bond donors (Lipinski definition) is 4. The summed E-state index contributed by atoms with van der Waals surface area (Å²) in [6, 6.07) is 7.68. The summed E-state index contributed by atoms with van der Waals surface area (Å²) in [7, 11) is 1.45. The zero-order chi connectivity index (χ0) is 28.8. The van der Waals surface area contributed by atoms with E-state index in [4.69, 9.17) is 11.5 Å². The monoisotopic (exact) mass is 526 g/mol. The Balaban J connectivity index is 2.22. The van der Waals surface area contributed by atoms with E-state index < -0.39 is 47.6 Å². The summed E-state index contributed by atoms with van der Waals surface area (Å²) in [5.74, 6) is -2.52. The van der Waals surface area contributed by atoms with Gasteiger partial charge in [-0.15, -0.1) is 6.58 Å². The van der Waals surface area contributed by atoms with Crippen LogP contribution in [-0.4, -0.2) is 52.9 Å². The second-order valence-electron chi connectivity index (χ2n) is 10.6. The highest BCUT2D eigenvalue weighted by atomic mass is 19.1. The number of rotatable bonds is 11. The highest BCUT2D eigenvalue weighted by molar-refractivity contribution is 5.93. The Morgan fingerprint density at radius 1 is 1.16 bits per heavy atom. The van der Waals surface area contributed by atoms with Gasteiger partial charge in [0.2, 0.25) is 17.7 Å². The summed E-state index contributed by atoms with van der Waals surface area (Å²) < 4.78 is 13.3. The van der Waals surface area contributed by atoms with Crippen molar-refractivity contribution >= 4 is 17.7 Å². The average Bonchev–Trinajstić information content (AvgIpc) is 2.85. The van der Waals surface area contributed by atoms with Crippen LogP contribution in [0, 0.1) is 5.82 Å². The number of likely N-dealkylation sites (N-methyl/N-ethyl adjacent to an activating group) is 1. The first-order chi connectivity index (χ1) is 17.7. The van der Waals surface area contributed by atoms with Crippen LogP contribution in [0.2, 0.25) is 0 Å². The summed E-state index contributed by atoms with van der Waals surface area (Å²) in [6.07, 6.45) is 1.71. The van der Waals surface area contributed by atoms with E-state index >= 15 is 0 Å². The highest BCUT2D eigenvalue weighted by Crippen LogP contribution is 2.31. The number of hydrogen-bond acceptors (Lipinski definition) is 5. The van der Waals surface area contributed by atoms with E-state index in [1.165, 1.54) is 30.2 Å². The zero-order valence-electron chi connectivity index (χ0n) is 22.7. The minimum Gasteiger partial charge on any atom is -0.508 e. The number of nitrogens with zero attached hydrogens (tertiary/aromatic N) is 1. The molecule has 0 radical (unpaired) electrons. The predicted octanol–water partition coefficient (Wildman–Crippen LogP) is 2.88. The van der Waals surface area contributed by atoms with Gasteiger partial charge in [0.05, 0.1) is 6.04 Å². The first kappa shape index (κ1) is 30.5. The molecule has 4 atom stereocenters. The van der Waals surface area contributed by atoms with Gasteiger partial charge < -0.3 is 26.8 Å². The standard InChI is InChI=1S/C29H39FN4O4/c1-7-8-22(33-27(37)25(31)17(2)19-10-12-20(30)13-11-19)28(38)34(6)23(26(32)36)16-18-9-14-24(35)21(15-18)29(3,4)5/h7,9-15,17,22-23,25,35H,1,8,16,31H2,2-6H3,(H2,32,36)(H,33,37)/t17?,22-,23-,25-/m0/s1. The molecule has 0 heterocycles. The van der Waals surface area contributed by atoms with Gasteiger partial charge in [0.1, 0.15) is 23.7 Å². The van der Waals surface area contributed by atoms with Gasteiger partial charge in [0.15, 0.2) is 0 Å². The molecule has 6 N–H and O–H groups in total. The van der Waals surface area contributed by atoms with Gasteiger partial charge in [-0.05, 0) is 46.7 Å². The molecule has 0 saturated heterocycles. The Labute approximate surface area is 223 Å². The predicted molar refractivity (Wildman–Crippen MR) is 146 cm³/mol. The van der Waals surface area contributed by atoms with Crippen LogP contribution in [-0.2, 0) is 26.2 Å². The van der Waals surface area contributed by atoms with Gasteiger partial charge in [-0.2, -0.15) is 0 Å². The summed E-state index contributed by atoms with van der Waals surface area (Å²) >= 11 is 0. The van der Waals surface area contributed by atoms with E-state index in [1.54, 1.807) is 37.3 Å². The Hall–Kier alpha value is -3.72. The molecule has 0 aliphatic heterocycles. The number of amides is 3. The SMILES string of the molecule is C=CC[C@H](NC(=O)[C@@H](N)C(C)c1ccc(F)cc1)C(=O)N(C)[C@@H](Cc1ccc(O)c(C(C)(C)C)c1)C(N)=O. The van der Waals surface area contributed by atoms with Crippen molar-refractivity contribution in [3.8, 4) is 5.75 Å². The van der Waals surface area contributed by atoms with Crippen molar-refractivity contribution in [2.45, 2.75) is 70.0 Å². The van der Waals surface area contributed by atoms with Crippen LogP contribution in [0.4, 0.5) is 4.39 Å². The molecule has 0 fully saturated rings. The van der Waals surface area contributed by atoms with Crippen molar-refractivity contribution in [3.63, 3.8) is 0 Å². The van der Waals surface area contributed by atoms with Crippen molar-refractivity contribution in [1.29, 1.82) is 0 Å². The molecule has 3 amide bonds. The fraction of sp³-hybridized carbons (Fsp3) is 0.414. The Kier molecular flexibility index (Phi) is 10.2. The third kappa shape index (κ3) is 7.64. The minimum absolute atomic E-state index is 0.103. The van der Waals surface area contributed by atoms with Crippen LogP contribution < -0.4 is 16.8 Å². The van der Waals surface area contributed by atoms with E-state index in [1.807, 2.05) is 20.8 Å². The second kappa shape index (κ2) is 12.7. The summed E-state index contributed by atoms with van der Waals surface area (Å²) in [4.78, 5) is 40.0. The molecule has 2 aromatic rings. The van der Waals surface area contributed by atoms with Crippen LogP contribution >= 0.6 is 0 Å². The molecule has 38 heavy (non-hydrogen) atoms. The lowest BCUT2D eigenvalue weighted by atomic mass is 9.84. The minimum atomic E-state index is -1.02. The number of carbonyl (C=O) groups excluding carboxylic acids is 3. The number of halogens is 1. The molecule has 0 aliphatic carbocycles. The molecule has 0 aliphatic rings. The molecule has 2 aromatic carbocycles. The number of nitrogens with one attached hydrogen (secondary N) is 1. The number of carbonyl (C=O) groups is 3. The number of primary amides is 1. The maximum Gasteiger partial charge on any atom is 0.245 e. The fourth-order valence-corrected chi connectivity index (χ4v) is 4.22. The molecule has 1 unspecified atom stereocenters. The van der Waals surface area contributed by atoms with Crippen molar-refractivity contribution in [3.05, 3.63) is 77.6 Å². The van der Waals surface area contributed by atoms with Crippen LogP contribution in [0.25, 0.3) is 0 Å². The molecule has 0 aromatic heterocycles. The van der Waals surface area contributed by atoms with Crippen LogP contribution in [0.5, 0.6) is 5.75 Å². The van der Waals surface area contributed by atoms with E-state index in [0.717, 1.165) is 5.56 Å². The first-order valence-electron chi connectivity index (χ1n) is 12.5. The van der Waals surface area contributed by atoms with Gasteiger partial charge in [0.25, 0.3) is 0 Å². The largest absolute Gasteiger partial charge is 0.508 e. The summed E-state index contributed by atoms with van der Waals surface area (Å²) in [6.45, 7) is 11.3. The smallest absolute Gasteiger partial charge is 0.245 e. The quantitative estimate of drug-likeness (QED) is 0.334. The first-order valence-corrected chi connectivity index (χ1v) is 12.5. The third-order valence-corrected chi connectivity index (χ3v) is 6.70.